The fraction of sp³-hybridized carbons (Fsp3) is 0.139. The Morgan fingerprint density at radius 3 is 2.07 bits per heavy atom. The van der Waals surface area contributed by atoms with E-state index in [9.17, 15) is 15.2 Å². The SMILES string of the molecule is Cc1ccc(-n2c(-c3ccc(-c4sc(-c5sc(/C=C(/C#N)C(=O)O)c(C)c5C)c(C)c4C)cc3)nc3ccccc32)cc1. The van der Waals surface area contributed by atoms with Crippen LogP contribution in [0.4, 0.5) is 0 Å². The highest BCUT2D eigenvalue weighted by Crippen LogP contribution is 2.47. The van der Waals surface area contributed by atoms with Gasteiger partial charge in [0, 0.05) is 30.8 Å². The Balaban J connectivity index is 1.40. The molecule has 3 aromatic heterocycles. The molecule has 7 heteroatoms. The number of aryl methyl sites for hydroxylation is 1. The van der Waals surface area contributed by atoms with Gasteiger partial charge in [0.05, 0.1) is 11.0 Å². The molecule has 1 N–H and O–H groups in total. The van der Waals surface area contributed by atoms with E-state index in [4.69, 9.17) is 4.98 Å². The molecular formula is C36H29N3O2S2. The number of hydrogen-bond donors (Lipinski definition) is 1. The van der Waals surface area contributed by atoms with Gasteiger partial charge in [0.1, 0.15) is 17.5 Å². The van der Waals surface area contributed by atoms with Crippen LogP contribution in [0.3, 0.4) is 0 Å². The monoisotopic (exact) mass is 599 g/mol. The summed E-state index contributed by atoms with van der Waals surface area (Å²) in [6.07, 6.45) is 1.48. The van der Waals surface area contributed by atoms with Crippen LogP contribution in [0.2, 0.25) is 0 Å². The minimum atomic E-state index is -1.21. The topological polar surface area (TPSA) is 78.9 Å². The summed E-state index contributed by atoms with van der Waals surface area (Å²) >= 11 is 3.30. The van der Waals surface area contributed by atoms with E-state index in [0.29, 0.717) is 0 Å². The molecule has 0 saturated carbocycles. The lowest BCUT2D eigenvalue weighted by Gasteiger charge is -2.10. The highest BCUT2D eigenvalue weighted by atomic mass is 32.1. The first-order valence-corrected chi connectivity index (χ1v) is 15.5. The third kappa shape index (κ3) is 4.99. The van der Waals surface area contributed by atoms with Crippen LogP contribution in [0.15, 0.2) is 78.4 Å². The van der Waals surface area contributed by atoms with Crippen molar-refractivity contribution in [1.29, 1.82) is 5.26 Å². The lowest BCUT2D eigenvalue weighted by atomic mass is 10.0. The van der Waals surface area contributed by atoms with Crippen LogP contribution in [-0.4, -0.2) is 20.6 Å². The Hall–Kier alpha value is -4.77. The summed E-state index contributed by atoms with van der Waals surface area (Å²) in [4.78, 5) is 20.8. The normalized spacial score (nSPS) is 11.7. The summed E-state index contributed by atoms with van der Waals surface area (Å²) in [5, 5.41) is 18.6. The summed E-state index contributed by atoms with van der Waals surface area (Å²) < 4.78 is 2.22. The van der Waals surface area contributed by atoms with Crippen molar-refractivity contribution in [2.24, 2.45) is 0 Å². The van der Waals surface area contributed by atoms with Gasteiger partial charge in [0.15, 0.2) is 0 Å². The number of carbonyl (C=O) groups is 1. The number of para-hydroxylation sites is 2. The second kappa shape index (κ2) is 11.1. The number of thiophene rings is 2. The molecular weight excluding hydrogens is 571 g/mol. The zero-order valence-electron chi connectivity index (χ0n) is 24.5. The number of carboxylic acids is 1. The molecule has 3 heterocycles. The average molecular weight is 600 g/mol. The fourth-order valence-electron chi connectivity index (χ4n) is 5.28. The first-order chi connectivity index (χ1) is 20.7. The maximum absolute atomic E-state index is 11.4. The number of fused-ring (bicyclic) bond motifs is 1. The molecule has 212 valence electrons. The third-order valence-electron chi connectivity index (χ3n) is 8.02. The zero-order valence-corrected chi connectivity index (χ0v) is 26.2. The molecule has 0 aliphatic heterocycles. The van der Waals surface area contributed by atoms with Crippen LogP contribution in [0.1, 0.15) is 32.7 Å². The van der Waals surface area contributed by atoms with E-state index < -0.39 is 5.97 Å². The minimum absolute atomic E-state index is 0.258. The van der Waals surface area contributed by atoms with Crippen LogP contribution in [-0.2, 0) is 4.79 Å². The highest BCUT2D eigenvalue weighted by Gasteiger charge is 2.21. The number of nitriles is 1. The van der Waals surface area contributed by atoms with E-state index in [1.54, 1.807) is 28.7 Å². The number of benzene rings is 3. The molecule has 0 spiro atoms. The summed E-state index contributed by atoms with van der Waals surface area (Å²) in [5.74, 6) is -0.308. The largest absolute Gasteiger partial charge is 0.477 e. The first kappa shape index (κ1) is 28.4. The maximum atomic E-state index is 11.4. The second-order valence-corrected chi connectivity index (χ2v) is 12.8. The number of hydrogen-bond acceptors (Lipinski definition) is 5. The lowest BCUT2D eigenvalue weighted by molar-refractivity contribution is -0.132. The molecule has 0 radical (unpaired) electrons. The number of nitrogens with zero attached hydrogens (tertiary/aromatic N) is 3. The van der Waals surface area contributed by atoms with Crippen LogP contribution < -0.4 is 0 Å². The Kier molecular flexibility index (Phi) is 7.35. The van der Waals surface area contributed by atoms with Gasteiger partial charge in [0.25, 0.3) is 0 Å². The van der Waals surface area contributed by atoms with Crippen molar-refractivity contribution in [1.82, 2.24) is 9.55 Å². The van der Waals surface area contributed by atoms with E-state index in [1.165, 1.54) is 32.5 Å². The molecule has 6 aromatic rings. The van der Waals surface area contributed by atoms with Crippen molar-refractivity contribution in [3.8, 4) is 43.3 Å². The van der Waals surface area contributed by atoms with Gasteiger partial charge in [-0.1, -0.05) is 54.1 Å². The summed E-state index contributed by atoms with van der Waals surface area (Å²) in [6, 6.07) is 27.2. The number of rotatable bonds is 6. The van der Waals surface area contributed by atoms with E-state index in [2.05, 4.69) is 92.9 Å². The Bertz CT molecular complexity index is 2100. The standard InChI is InChI=1S/C36H29N3O2S2/c1-20-10-16-28(17-11-20)39-30-9-7-6-8-29(30)38-35(39)26-14-12-25(13-15-26)32-23(4)24(5)34(43-32)33-22(3)21(2)31(42-33)18-27(19-37)36(40)41/h6-18H,1-5H3,(H,40,41)/b27-18-. The predicted molar refractivity (Wildman–Crippen MR) is 178 cm³/mol. The van der Waals surface area contributed by atoms with Crippen LogP contribution >= 0.6 is 22.7 Å². The van der Waals surface area contributed by atoms with Crippen molar-refractivity contribution in [3.05, 3.63) is 111 Å². The summed E-state index contributed by atoms with van der Waals surface area (Å²) in [7, 11) is 0. The van der Waals surface area contributed by atoms with E-state index >= 15 is 0 Å². The Labute approximate surface area is 258 Å². The molecule has 0 atom stereocenters. The molecule has 0 aliphatic carbocycles. The summed E-state index contributed by atoms with van der Waals surface area (Å²) in [6.45, 7) is 10.4. The van der Waals surface area contributed by atoms with Crippen molar-refractivity contribution in [2.75, 3.05) is 0 Å². The number of imidazole rings is 1. The van der Waals surface area contributed by atoms with Gasteiger partial charge in [-0.05, 0) is 92.8 Å². The molecule has 0 bridgehead atoms. The zero-order chi connectivity index (χ0) is 30.4. The lowest BCUT2D eigenvalue weighted by Crippen LogP contribution is -1.97. The van der Waals surface area contributed by atoms with Crippen LogP contribution in [0.5, 0.6) is 0 Å². The first-order valence-electron chi connectivity index (χ1n) is 13.9. The quantitative estimate of drug-likeness (QED) is 0.153. The van der Waals surface area contributed by atoms with Crippen molar-refractivity contribution >= 4 is 45.8 Å². The number of aliphatic carboxylic acids is 1. The van der Waals surface area contributed by atoms with Crippen molar-refractivity contribution in [2.45, 2.75) is 34.6 Å². The molecule has 6 rings (SSSR count). The van der Waals surface area contributed by atoms with E-state index in [0.717, 1.165) is 54.6 Å². The Morgan fingerprint density at radius 1 is 0.791 bits per heavy atom. The van der Waals surface area contributed by atoms with Gasteiger partial charge < -0.3 is 5.11 Å². The molecule has 0 fully saturated rings. The average Bonchev–Trinajstić information content (AvgIpc) is 3.63. The van der Waals surface area contributed by atoms with Crippen LogP contribution in [0, 0.1) is 45.9 Å². The van der Waals surface area contributed by atoms with Gasteiger partial charge >= 0.3 is 5.97 Å². The second-order valence-electron chi connectivity index (χ2n) is 10.7. The molecule has 0 aliphatic rings. The molecule has 5 nitrogen and oxygen atoms in total. The molecule has 0 saturated heterocycles. The fourth-order valence-corrected chi connectivity index (χ4v) is 8.10. The summed E-state index contributed by atoms with van der Waals surface area (Å²) in [5.41, 5.74) is 10.8. The van der Waals surface area contributed by atoms with Gasteiger partial charge in [0.2, 0.25) is 0 Å². The molecule has 3 aromatic carbocycles. The third-order valence-corrected chi connectivity index (χ3v) is 11.0. The predicted octanol–water partition coefficient (Wildman–Crippen LogP) is 9.68. The highest BCUT2D eigenvalue weighted by molar-refractivity contribution is 7.24. The van der Waals surface area contributed by atoms with Gasteiger partial charge in [-0.2, -0.15) is 5.26 Å². The van der Waals surface area contributed by atoms with Gasteiger partial charge in [-0.15, -0.1) is 22.7 Å². The smallest absolute Gasteiger partial charge is 0.346 e. The molecule has 0 amide bonds. The van der Waals surface area contributed by atoms with Gasteiger partial charge in [-0.25, -0.2) is 9.78 Å². The van der Waals surface area contributed by atoms with Crippen molar-refractivity contribution in [3.63, 3.8) is 0 Å². The van der Waals surface area contributed by atoms with Gasteiger partial charge in [-0.3, -0.25) is 4.57 Å². The number of carboxylic acid groups (broad SMARTS) is 1. The molecule has 43 heavy (non-hydrogen) atoms. The van der Waals surface area contributed by atoms with Crippen molar-refractivity contribution < 1.29 is 9.90 Å². The maximum Gasteiger partial charge on any atom is 0.346 e. The molecule has 0 unspecified atom stereocenters. The van der Waals surface area contributed by atoms with Crippen LogP contribution in [0.25, 0.3) is 54.4 Å². The minimum Gasteiger partial charge on any atom is -0.477 e. The number of aromatic nitrogens is 2. The van der Waals surface area contributed by atoms with E-state index in [1.807, 2.05) is 19.1 Å². The van der Waals surface area contributed by atoms with E-state index in [-0.39, 0.29) is 5.57 Å². The Morgan fingerprint density at radius 2 is 1.40 bits per heavy atom.